The summed E-state index contributed by atoms with van der Waals surface area (Å²) in [4.78, 5) is 17.7. The van der Waals surface area contributed by atoms with Gasteiger partial charge in [-0.3, -0.25) is 4.79 Å². The summed E-state index contributed by atoms with van der Waals surface area (Å²) in [6.45, 7) is 6.45. The fourth-order valence-electron chi connectivity index (χ4n) is 2.32. The molecular formula is C18H24N2O2S. The topological polar surface area (TPSA) is 62.2 Å². The van der Waals surface area contributed by atoms with Crippen molar-refractivity contribution in [2.24, 2.45) is 0 Å². The largest absolute Gasteiger partial charge is 0.393 e. The maximum Gasteiger partial charge on any atom is 0.225 e. The number of aryl methyl sites for hydroxylation is 2. The van der Waals surface area contributed by atoms with E-state index in [1.54, 1.807) is 11.3 Å². The van der Waals surface area contributed by atoms with Gasteiger partial charge in [-0.25, -0.2) is 4.98 Å². The first kappa shape index (κ1) is 17.6. The van der Waals surface area contributed by atoms with E-state index in [2.05, 4.69) is 29.4 Å². The number of thiazole rings is 1. The Morgan fingerprint density at radius 1 is 1.30 bits per heavy atom. The predicted octanol–water partition coefficient (Wildman–Crippen LogP) is 3.25. The van der Waals surface area contributed by atoms with Crippen LogP contribution in [0.1, 0.15) is 35.2 Å². The monoisotopic (exact) mass is 332 g/mol. The zero-order valence-electron chi connectivity index (χ0n) is 13.9. The molecule has 0 aliphatic heterocycles. The molecule has 1 unspecified atom stereocenters. The number of nitrogens with one attached hydrogen (secondary N) is 1. The fraction of sp³-hybridized carbons (Fsp3) is 0.444. The molecule has 0 radical (unpaired) electrons. The van der Waals surface area contributed by atoms with E-state index < -0.39 is 0 Å². The quantitative estimate of drug-likeness (QED) is 0.818. The van der Waals surface area contributed by atoms with Crippen molar-refractivity contribution < 1.29 is 9.90 Å². The van der Waals surface area contributed by atoms with Crippen molar-refractivity contribution in [3.63, 3.8) is 0 Å². The molecule has 23 heavy (non-hydrogen) atoms. The van der Waals surface area contributed by atoms with Gasteiger partial charge in [-0.1, -0.05) is 36.8 Å². The summed E-state index contributed by atoms with van der Waals surface area (Å²) in [5.74, 6) is -0.0229. The second kappa shape index (κ2) is 8.22. The summed E-state index contributed by atoms with van der Waals surface area (Å²) < 4.78 is 0. The first-order valence-corrected chi connectivity index (χ1v) is 8.79. The van der Waals surface area contributed by atoms with Crippen LogP contribution in [0.4, 0.5) is 0 Å². The molecule has 0 aliphatic carbocycles. The standard InChI is InChI=1S/C18H24N2O2S/c1-4-15(21)9-10-19-17(22)11-16-18(20-13(3)23-16)14-7-5-12(2)6-8-14/h5-8,15,21H,4,9-11H2,1-3H3,(H,19,22). The lowest BCUT2D eigenvalue weighted by Crippen LogP contribution is -2.28. The minimum absolute atomic E-state index is 0.0229. The van der Waals surface area contributed by atoms with Gasteiger partial charge in [-0.15, -0.1) is 11.3 Å². The van der Waals surface area contributed by atoms with Crippen LogP contribution in [-0.4, -0.2) is 28.6 Å². The van der Waals surface area contributed by atoms with Crippen LogP contribution in [-0.2, 0) is 11.2 Å². The Labute approximate surface area is 141 Å². The van der Waals surface area contributed by atoms with Crippen LogP contribution in [0.15, 0.2) is 24.3 Å². The molecular weight excluding hydrogens is 308 g/mol. The molecule has 1 heterocycles. The third-order valence-corrected chi connectivity index (χ3v) is 4.69. The molecule has 0 saturated heterocycles. The molecule has 124 valence electrons. The lowest BCUT2D eigenvalue weighted by molar-refractivity contribution is -0.120. The van der Waals surface area contributed by atoms with E-state index >= 15 is 0 Å². The molecule has 1 aromatic heterocycles. The number of hydrogen-bond acceptors (Lipinski definition) is 4. The van der Waals surface area contributed by atoms with Crippen molar-refractivity contribution in [3.8, 4) is 11.3 Å². The third kappa shape index (κ3) is 5.15. The normalized spacial score (nSPS) is 12.2. The SMILES string of the molecule is CCC(O)CCNC(=O)Cc1sc(C)nc1-c1ccc(C)cc1. The van der Waals surface area contributed by atoms with Crippen LogP contribution >= 0.6 is 11.3 Å². The molecule has 1 aromatic carbocycles. The van der Waals surface area contributed by atoms with E-state index in [9.17, 15) is 9.90 Å². The van der Waals surface area contributed by atoms with E-state index in [4.69, 9.17) is 0 Å². The van der Waals surface area contributed by atoms with Gasteiger partial charge >= 0.3 is 0 Å². The van der Waals surface area contributed by atoms with Gasteiger partial charge in [0.15, 0.2) is 0 Å². The van der Waals surface area contributed by atoms with Crippen molar-refractivity contribution >= 4 is 17.2 Å². The van der Waals surface area contributed by atoms with E-state index in [0.29, 0.717) is 25.8 Å². The van der Waals surface area contributed by atoms with Crippen molar-refractivity contribution in [1.82, 2.24) is 10.3 Å². The number of hydrogen-bond donors (Lipinski definition) is 2. The molecule has 0 aliphatic rings. The molecule has 0 spiro atoms. The van der Waals surface area contributed by atoms with E-state index in [1.807, 2.05) is 26.0 Å². The Kier molecular flexibility index (Phi) is 6.30. The van der Waals surface area contributed by atoms with Crippen LogP contribution in [0.25, 0.3) is 11.3 Å². The Bertz CT molecular complexity index is 650. The molecule has 0 saturated carbocycles. The summed E-state index contributed by atoms with van der Waals surface area (Å²) in [5.41, 5.74) is 3.15. The highest BCUT2D eigenvalue weighted by Crippen LogP contribution is 2.28. The lowest BCUT2D eigenvalue weighted by atomic mass is 10.1. The van der Waals surface area contributed by atoms with E-state index in [0.717, 1.165) is 21.1 Å². The Morgan fingerprint density at radius 2 is 2.00 bits per heavy atom. The summed E-state index contributed by atoms with van der Waals surface area (Å²) >= 11 is 1.56. The Balaban J connectivity index is 2.03. The van der Waals surface area contributed by atoms with Crippen LogP contribution in [0, 0.1) is 13.8 Å². The van der Waals surface area contributed by atoms with Gasteiger partial charge in [0.05, 0.1) is 23.2 Å². The molecule has 4 nitrogen and oxygen atoms in total. The molecule has 5 heteroatoms. The van der Waals surface area contributed by atoms with E-state index in [1.165, 1.54) is 5.56 Å². The minimum Gasteiger partial charge on any atom is -0.393 e. The number of rotatable bonds is 7. The van der Waals surface area contributed by atoms with Gasteiger partial charge in [-0.05, 0) is 26.7 Å². The number of benzene rings is 1. The maximum atomic E-state index is 12.1. The van der Waals surface area contributed by atoms with Crippen LogP contribution in [0.5, 0.6) is 0 Å². The highest BCUT2D eigenvalue weighted by Gasteiger charge is 2.14. The molecule has 0 fully saturated rings. The first-order valence-electron chi connectivity index (χ1n) is 7.97. The fourth-order valence-corrected chi connectivity index (χ4v) is 3.27. The first-order chi connectivity index (χ1) is 11.0. The number of carbonyl (C=O) groups is 1. The summed E-state index contributed by atoms with van der Waals surface area (Å²) in [7, 11) is 0. The summed E-state index contributed by atoms with van der Waals surface area (Å²) in [6, 6.07) is 8.20. The second-order valence-electron chi connectivity index (χ2n) is 5.75. The third-order valence-electron chi connectivity index (χ3n) is 3.72. The molecule has 2 N–H and O–H groups in total. The highest BCUT2D eigenvalue weighted by molar-refractivity contribution is 7.12. The van der Waals surface area contributed by atoms with Crippen molar-refractivity contribution in [3.05, 3.63) is 39.7 Å². The molecule has 0 bridgehead atoms. The molecule has 2 aromatic rings. The minimum atomic E-state index is -0.343. The van der Waals surface area contributed by atoms with Crippen LogP contribution < -0.4 is 5.32 Å². The highest BCUT2D eigenvalue weighted by atomic mass is 32.1. The average molecular weight is 332 g/mol. The lowest BCUT2D eigenvalue weighted by Gasteiger charge is -2.09. The van der Waals surface area contributed by atoms with Gasteiger partial charge in [0.2, 0.25) is 5.91 Å². The van der Waals surface area contributed by atoms with Crippen LogP contribution in [0.2, 0.25) is 0 Å². The van der Waals surface area contributed by atoms with Gasteiger partial charge in [0, 0.05) is 17.0 Å². The second-order valence-corrected chi connectivity index (χ2v) is 7.04. The van der Waals surface area contributed by atoms with Gasteiger partial charge < -0.3 is 10.4 Å². The Morgan fingerprint density at radius 3 is 2.65 bits per heavy atom. The van der Waals surface area contributed by atoms with Gasteiger partial charge in [0.25, 0.3) is 0 Å². The number of aromatic nitrogens is 1. The van der Waals surface area contributed by atoms with Gasteiger partial charge in [0.1, 0.15) is 0 Å². The van der Waals surface area contributed by atoms with Crippen molar-refractivity contribution in [1.29, 1.82) is 0 Å². The zero-order valence-corrected chi connectivity index (χ0v) is 14.7. The Hall–Kier alpha value is -1.72. The number of aliphatic hydroxyl groups is 1. The number of amides is 1. The molecule has 2 rings (SSSR count). The number of aliphatic hydroxyl groups excluding tert-OH is 1. The van der Waals surface area contributed by atoms with E-state index in [-0.39, 0.29) is 12.0 Å². The zero-order chi connectivity index (χ0) is 16.8. The number of carbonyl (C=O) groups excluding carboxylic acids is 1. The van der Waals surface area contributed by atoms with Crippen molar-refractivity contribution in [2.75, 3.05) is 6.54 Å². The average Bonchev–Trinajstić information content (AvgIpc) is 2.88. The predicted molar refractivity (Wildman–Crippen MR) is 94.7 cm³/mol. The smallest absolute Gasteiger partial charge is 0.225 e. The molecule has 1 atom stereocenters. The van der Waals surface area contributed by atoms with Crippen molar-refractivity contribution in [2.45, 2.75) is 46.1 Å². The molecule has 1 amide bonds. The van der Waals surface area contributed by atoms with Crippen LogP contribution in [0.3, 0.4) is 0 Å². The number of nitrogens with zero attached hydrogens (tertiary/aromatic N) is 1. The summed E-state index contributed by atoms with van der Waals surface area (Å²) in [5, 5.41) is 13.4. The maximum absolute atomic E-state index is 12.1. The van der Waals surface area contributed by atoms with Gasteiger partial charge in [-0.2, -0.15) is 0 Å². The summed E-state index contributed by atoms with van der Waals surface area (Å²) in [6.07, 6.45) is 1.29.